The smallest absolute Gasteiger partial charge is 0.239 e. The lowest BCUT2D eigenvalue weighted by Gasteiger charge is -2.09. The van der Waals surface area contributed by atoms with E-state index in [1.54, 1.807) is 24.4 Å². The van der Waals surface area contributed by atoms with Crippen LogP contribution in [0.3, 0.4) is 0 Å². The Bertz CT molecular complexity index is 898. The van der Waals surface area contributed by atoms with Crippen molar-refractivity contribution in [2.24, 2.45) is 10.2 Å². The number of thioether (sulfide) groups is 1. The van der Waals surface area contributed by atoms with Crippen LogP contribution in [-0.4, -0.2) is 29.1 Å². The molecular formula is C20H19Cl2N3O2S. The molecule has 2 aromatic carbocycles. The van der Waals surface area contributed by atoms with Gasteiger partial charge in [0.1, 0.15) is 5.75 Å². The summed E-state index contributed by atoms with van der Waals surface area (Å²) in [5.74, 6) is 0.615. The van der Waals surface area contributed by atoms with E-state index in [-0.39, 0.29) is 11.2 Å². The van der Waals surface area contributed by atoms with Crippen LogP contribution in [-0.2, 0) is 11.2 Å². The second-order valence-electron chi connectivity index (χ2n) is 6.04. The van der Waals surface area contributed by atoms with Gasteiger partial charge in [-0.25, -0.2) is 0 Å². The van der Waals surface area contributed by atoms with Gasteiger partial charge in [-0.1, -0.05) is 60.1 Å². The number of hydrogen-bond acceptors (Lipinski definition) is 5. The molecule has 1 N–H and O–H groups in total. The van der Waals surface area contributed by atoms with Crippen molar-refractivity contribution in [3.63, 3.8) is 0 Å². The molecule has 0 spiro atoms. The van der Waals surface area contributed by atoms with E-state index < -0.39 is 0 Å². The maximum atomic E-state index is 12.2. The Morgan fingerprint density at radius 1 is 1.18 bits per heavy atom. The summed E-state index contributed by atoms with van der Waals surface area (Å²) in [5.41, 5.74) is 1.58. The van der Waals surface area contributed by atoms with Crippen LogP contribution < -0.4 is 10.1 Å². The van der Waals surface area contributed by atoms with E-state index in [0.717, 1.165) is 23.3 Å². The number of ether oxygens (including phenoxy) is 1. The number of amides is 1. The van der Waals surface area contributed by atoms with Crippen LogP contribution in [0.25, 0.3) is 0 Å². The molecule has 0 bridgehead atoms. The number of hydrogen-bond donors (Lipinski definition) is 1. The zero-order valence-corrected chi connectivity index (χ0v) is 17.5. The number of carbonyl (C=O) groups is 1. The molecule has 5 nitrogen and oxygen atoms in total. The average molecular weight is 436 g/mol. The van der Waals surface area contributed by atoms with E-state index >= 15 is 0 Å². The first-order valence-corrected chi connectivity index (χ1v) is 10.4. The van der Waals surface area contributed by atoms with Crippen molar-refractivity contribution >= 4 is 52.3 Å². The van der Waals surface area contributed by atoms with E-state index in [9.17, 15) is 4.79 Å². The number of amidine groups is 1. The van der Waals surface area contributed by atoms with Crippen LogP contribution in [0.4, 0.5) is 0 Å². The quantitative estimate of drug-likeness (QED) is 0.494. The van der Waals surface area contributed by atoms with Gasteiger partial charge in [0.2, 0.25) is 5.91 Å². The van der Waals surface area contributed by atoms with Gasteiger partial charge in [0.25, 0.3) is 0 Å². The summed E-state index contributed by atoms with van der Waals surface area (Å²) in [7, 11) is 0. The molecule has 0 radical (unpaired) electrons. The summed E-state index contributed by atoms with van der Waals surface area (Å²) in [6.45, 7) is 2.69. The van der Waals surface area contributed by atoms with Crippen molar-refractivity contribution in [1.82, 2.24) is 5.32 Å². The molecule has 1 saturated heterocycles. The maximum Gasteiger partial charge on any atom is 0.239 e. The first-order valence-electron chi connectivity index (χ1n) is 8.81. The fourth-order valence-electron chi connectivity index (χ4n) is 2.57. The van der Waals surface area contributed by atoms with Crippen LogP contribution in [0.15, 0.2) is 52.7 Å². The molecule has 0 unspecified atom stereocenters. The molecule has 1 aliphatic heterocycles. The van der Waals surface area contributed by atoms with Gasteiger partial charge >= 0.3 is 0 Å². The summed E-state index contributed by atoms with van der Waals surface area (Å²) < 4.78 is 5.69. The number of carbonyl (C=O) groups excluding carboxylic acids is 1. The molecule has 1 fully saturated rings. The predicted octanol–water partition coefficient (Wildman–Crippen LogP) is 4.95. The first-order chi connectivity index (χ1) is 13.6. The molecule has 1 amide bonds. The zero-order valence-electron chi connectivity index (χ0n) is 15.2. The molecule has 1 heterocycles. The highest BCUT2D eigenvalue weighted by atomic mass is 35.5. The SMILES string of the molecule is CCCOc1ccccc1/C=N\N=C1/NC(=O)[C@@H](Cc2c(Cl)cccc2Cl)S1. The summed E-state index contributed by atoms with van der Waals surface area (Å²) >= 11 is 13.7. The van der Waals surface area contributed by atoms with Crippen molar-refractivity contribution < 1.29 is 9.53 Å². The monoisotopic (exact) mass is 435 g/mol. The van der Waals surface area contributed by atoms with Gasteiger partial charge in [0, 0.05) is 15.6 Å². The van der Waals surface area contributed by atoms with Crippen LogP contribution in [0.2, 0.25) is 10.0 Å². The Morgan fingerprint density at radius 2 is 1.93 bits per heavy atom. The van der Waals surface area contributed by atoms with E-state index in [1.807, 2.05) is 24.3 Å². The second-order valence-corrected chi connectivity index (χ2v) is 8.04. The van der Waals surface area contributed by atoms with Crippen LogP contribution >= 0.6 is 35.0 Å². The van der Waals surface area contributed by atoms with Gasteiger partial charge in [0.05, 0.1) is 18.1 Å². The summed E-state index contributed by atoms with van der Waals surface area (Å²) in [4.78, 5) is 12.2. The summed E-state index contributed by atoms with van der Waals surface area (Å²) in [5, 5.41) is 12.2. The zero-order chi connectivity index (χ0) is 19.9. The lowest BCUT2D eigenvalue weighted by atomic mass is 10.1. The first kappa shape index (κ1) is 20.7. The Morgan fingerprint density at radius 3 is 2.68 bits per heavy atom. The van der Waals surface area contributed by atoms with Crippen LogP contribution in [0.1, 0.15) is 24.5 Å². The molecule has 0 aliphatic carbocycles. The van der Waals surface area contributed by atoms with E-state index in [1.165, 1.54) is 11.8 Å². The lowest BCUT2D eigenvalue weighted by molar-refractivity contribution is -0.118. The number of nitrogens with zero attached hydrogens (tertiary/aromatic N) is 2. The van der Waals surface area contributed by atoms with Gasteiger partial charge in [-0.15, -0.1) is 5.10 Å². The van der Waals surface area contributed by atoms with Crippen molar-refractivity contribution in [3.05, 3.63) is 63.6 Å². The summed E-state index contributed by atoms with van der Waals surface area (Å²) in [6, 6.07) is 12.9. The minimum atomic E-state index is -0.355. The molecule has 3 rings (SSSR count). The highest BCUT2D eigenvalue weighted by Crippen LogP contribution is 2.30. The van der Waals surface area contributed by atoms with Gasteiger partial charge in [-0.3, -0.25) is 4.79 Å². The molecule has 146 valence electrons. The van der Waals surface area contributed by atoms with Crippen molar-refractivity contribution in [2.75, 3.05) is 6.61 Å². The van der Waals surface area contributed by atoms with Crippen LogP contribution in [0, 0.1) is 0 Å². The Kier molecular flexibility index (Phi) is 7.36. The number of para-hydroxylation sites is 1. The fourth-order valence-corrected chi connectivity index (χ4v) is 4.06. The van der Waals surface area contributed by atoms with E-state index in [4.69, 9.17) is 27.9 Å². The minimum absolute atomic E-state index is 0.137. The third-order valence-corrected chi connectivity index (χ3v) is 5.73. The average Bonchev–Trinajstić information content (AvgIpc) is 3.03. The largest absolute Gasteiger partial charge is 0.493 e. The van der Waals surface area contributed by atoms with Crippen molar-refractivity contribution in [1.29, 1.82) is 0 Å². The van der Waals surface area contributed by atoms with E-state index in [2.05, 4.69) is 22.4 Å². The number of nitrogens with one attached hydrogen (secondary N) is 1. The van der Waals surface area contributed by atoms with Gasteiger partial charge < -0.3 is 10.1 Å². The highest BCUT2D eigenvalue weighted by molar-refractivity contribution is 8.15. The normalized spacial score (nSPS) is 18.0. The number of halogens is 2. The standard InChI is InChI=1S/C20H19Cl2N3O2S/c1-2-10-27-17-9-4-3-6-13(17)12-23-25-20-24-19(26)18(28-20)11-14-15(21)7-5-8-16(14)22/h3-9,12,18H,2,10-11H2,1H3,(H,24,25,26)/b23-12-/t18-/m1/s1. The molecule has 1 aliphatic rings. The Hall–Kier alpha value is -2.02. The number of rotatable bonds is 7. The third-order valence-electron chi connectivity index (χ3n) is 3.95. The second kappa shape index (κ2) is 9.96. The molecule has 0 aromatic heterocycles. The van der Waals surface area contributed by atoms with Gasteiger partial charge in [-0.2, -0.15) is 5.10 Å². The number of benzene rings is 2. The molecule has 28 heavy (non-hydrogen) atoms. The Labute approximate surface area is 178 Å². The topological polar surface area (TPSA) is 63.1 Å². The molecule has 2 aromatic rings. The molecule has 8 heteroatoms. The Balaban J connectivity index is 1.67. The highest BCUT2D eigenvalue weighted by Gasteiger charge is 2.31. The molecule has 1 atom stereocenters. The lowest BCUT2D eigenvalue weighted by Crippen LogP contribution is -2.26. The molecule has 0 saturated carbocycles. The van der Waals surface area contributed by atoms with Crippen LogP contribution in [0.5, 0.6) is 5.75 Å². The maximum absolute atomic E-state index is 12.2. The van der Waals surface area contributed by atoms with Gasteiger partial charge in [-0.05, 0) is 42.7 Å². The molecular weight excluding hydrogens is 417 g/mol. The van der Waals surface area contributed by atoms with E-state index in [0.29, 0.717) is 28.2 Å². The van der Waals surface area contributed by atoms with Crippen molar-refractivity contribution in [3.8, 4) is 5.75 Å². The minimum Gasteiger partial charge on any atom is -0.493 e. The third kappa shape index (κ3) is 5.28. The summed E-state index contributed by atoms with van der Waals surface area (Å²) in [6.07, 6.45) is 2.96. The predicted molar refractivity (Wildman–Crippen MR) is 117 cm³/mol. The fraction of sp³-hybridized carbons (Fsp3) is 0.250. The van der Waals surface area contributed by atoms with Gasteiger partial charge in [0.15, 0.2) is 5.17 Å². The van der Waals surface area contributed by atoms with Crippen molar-refractivity contribution in [2.45, 2.75) is 25.0 Å².